The van der Waals surface area contributed by atoms with Crippen LogP contribution in [0.5, 0.6) is 0 Å². The van der Waals surface area contributed by atoms with Gasteiger partial charge in [-0.2, -0.15) is 4.98 Å². The summed E-state index contributed by atoms with van der Waals surface area (Å²) in [6.45, 7) is 1.99. The van der Waals surface area contributed by atoms with E-state index in [-0.39, 0.29) is 6.04 Å². The number of nitrogens with two attached hydrogens (primary N) is 1. The van der Waals surface area contributed by atoms with Crippen LogP contribution in [0, 0.1) is 0 Å². The van der Waals surface area contributed by atoms with Crippen LogP contribution in [0.25, 0.3) is 0 Å². The Balaban J connectivity index is 1.94. The van der Waals surface area contributed by atoms with Gasteiger partial charge in [0.1, 0.15) is 0 Å². The Morgan fingerprint density at radius 1 is 1.35 bits per heavy atom. The molecule has 0 saturated carbocycles. The van der Waals surface area contributed by atoms with Gasteiger partial charge < -0.3 is 10.3 Å². The van der Waals surface area contributed by atoms with Crippen molar-refractivity contribution in [2.45, 2.75) is 30.0 Å². The van der Waals surface area contributed by atoms with Gasteiger partial charge in [0.25, 0.3) is 0 Å². The average molecular weight is 249 g/mol. The Hall–Kier alpha value is -1.33. The predicted molar refractivity (Wildman–Crippen MR) is 67.5 cm³/mol. The molecule has 2 N–H and O–H groups in total. The maximum absolute atomic E-state index is 5.81. The van der Waals surface area contributed by atoms with Gasteiger partial charge in [-0.1, -0.05) is 30.3 Å². The van der Waals surface area contributed by atoms with E-state index in [1.807, 2.05) is 25.1 Å². The van der Waals surface area contributed by atoms with Crippen molar-refractivity contribution >= 4 is 11.8 Å². The van der Waals surface area contributed by atoms with Crippen LogP contribution >= 0.6 is 11.8 Å². The van der Waals surface area contributed by atoms with Gasteiger partial charge >= 0.3 is 0 Å². The highest BCUT2D eigenvalue weighted by atomic mass is 32.2. The first-order chi connectivity index (χ1) is 8.29. The Kier molecular flexibility index (Phi) is 4.17. The van der Waals surface area contributed by atoms with Crippen molar-refractivity contribution in [2.75, 3.05) is 0 Å². The van der Waals surface area contributed by atoms with E-state index in [1.165, 1.54) is 4.90 Å². The molecule has 4 nitrogen and oxygen atoms in total. The van der Waals surface area contributed by atoms with Gasteiger partial charge in [-0.15, -0.1) is 11.8 Å². The van der Waals surface area contributed by atoms with E-state index < -0.39 is 0 Å². The van der Waals surface area contributed by atoms with Crippen molar-refractivity contribution in [1.82, 2.24) is 10.1 Å². The van der Waals surface area contributed by atoms with E-state index in [0.29, 0.717) is 17.5 Å². The third-order valence-corrected chi connectivity index (χ3v) is 3.36. The van der Waals surface area contributed by atoms with Crippen LogP contribution in [0.2, 0.25) is 0 Å². The molecule has 5 heteroatoms. The van der Waals surface area contributed by atoms with Gasteiger partial charge in [-0.25, -0.2) is 0 Å². The minimum Gasteiger partial charge on any atom is -0.338 e. The quantitative estimate of drug-likeness (QED) is 0.825. The summed E-state index contributed by atoms with van der Waals surface area (Å²) in [6, 6.07) is 9.98. The molecule has 0 aliphatic carbocycles. The lowest BCUT2D eigenvalue weighted by molar-refractivity contribution is 0.349. The number of rotatable bonds is 5. The second-order valence-electron chi connectivity index (χ2n) is 3.67. The van der Waals surface area contributed by atoms with Crippen LogP contribution in [-0.4, -0.2) is 10.1 Å². The molecule has 2 rings (SSSR count). The molecule has 0 radical (unpaired) electrons. The summed E-state index contributed by atoms with van der Waals surface area (Å²) < 4.78 is 5.11. The molecule has 0 fully saturated rings. The maximum atomic E-state index is 5.81. The zero-order valence-electron chi connectivity index (χ0n) is 9.67. The van der Waals surface area contributed by atoms with Crippen molar-refractivity contribution in [2.24, 2.45) is 5.73 Å². The zero-order chi connectivity index (χ0) is 12.1. The lowest BCUT2D eigenvalue weighted by Gasteiger charge is -1.99. The molecule has 0 bridgehead atoms. The number of hydrogen-bond acceptors (Lipinski definition) is 5. The fraction of sp³-hybridized carbons (Fsp3) is 0.333. The van der Waals surface area contributed by atoms with Crippen molar-refractivity contribution in [3.63, 3.8) is 0 Å². The summed E-state index contributed by atoms with van der Waals surface area (Å²) in [6.07, 6.45) is 0.799. The Morgan fingerprint density at radius 2 is 2.12 bits per heavy atom. The Bertz CT molecular complexity index is 458. The fourth-order valence-corrected chi connectivity index (χ4v) is 2.08. The second-order valence-corrected chi connectivity index (χ2v) is 4.71. The molecule has 0 spiro atoms. The van der Waals surface area contributed by atoms with E-state index in [9.17, 15) is 0 Å². The summed E-state index contributed by atoms with van der Waals surface area (Å²) in [5.41, 5.74) is 5.81. The highest BCUT2D eigenvalue weighted by Crippen LogP contribution is 2.21. The van der Waals surface area contributed by atoms with Crippen LogP contribution in [0.4, 0.5) is 0 Å². The largest absolute Gasteiger partial charge is 0.338 e. The lowest BCUT2D eigenvalue weighted by atomic mass is 10.2. The summed E-state index contributed by atoms with van der Waals surface area (Å²) in [5.74, 6) is 1.91. The van der Waals surface area contributed by atoms with Gasteiger partial charge in [0.15, 0.2) is 5.82 Å². The average Bonchev–Trinajstić information content (AvgIpc) is 2.85. The highest BCUT2D eigenvalue weighted by molar-refractivity contribution is 7.98. The minimum absolute atomic E-state index is 0.155. The molecule has 0 saturated heterocycles. The first-order valence-electron chi connectivity index (χ1n) is 5.55. The number of benzene rings is 1. The predicted octanol–water partition coefficient (Wildman–Crippen LogP) is 2.77. The van der Waals surface area contributed by atoms with Gasteiger partial charge in [0.2, 0.25) is 5.89 Å². The van der Waals surface area contributed by atoms with E-state index in [1.54, 1.807) is 11.8 Å². The molecule has 0 aliphatic rings. The Morgan fingerprint density at radius 3 is 2.82 bits per heavy atom. The van der Waals surface area contributed by atoms with E-state index in [2.05, 4.69) is 22.3 Å². The molecule has 0 aliphatic heterocycles. The van der Waals surface area contributed by atoms with Crippen molar-refractivity contribution < 1.29 is 4.52 Å². The van der Waals surface area contributed by atoms with Crippen molar-refractivity contribution in [1.29, 1.82) is 0 Å². The van der Waals surface area contributed by atoms with Crippen LogP contribution in [0.15, 0.2) is 39.8 Å². The van der Waals surface area contributed by atoms with Gasteiger partial charge in [0, 0.05) is 4.90 Å². The molecule has 1 aromatic carbocycles. The normalized spacial score (nSPS) is 12.6. The smallest absolute Gasteiger partial charge is 0.243 e. The first-order valence-corrected chi connectivity index (χ1v) is 6.54. The topological polar surface area (TPSA) is 64.9 Å². The molecule has 1 aromatic heterocycles. The highest BCUT2D eigenvalue weighted by Gasteiger charge is 2.12. The molecule has 0 unspecified atom stereocenters. The molecule has 1 atom stereocenters. The van der Waals surface area contributed by atoms with Crippen molar-refractivity contribution in [3.8, 4) is 0 Å². The SMILES string of the molecule is CC[C@@H](N)c1nc(CSc2ccccc2)no1. The maximum Gasteiger partial charge on any atom is 0.243 e. The number of hydrogen-bond donors (Lipinski definition) is 1. The molecule has 1 heterocycles. The van der Waals surface area contributed by atoms with Crippen LogP contribution in [0.1, 0.15) is 31.1 Å². The second kappa shape index (κ2) is 5.84. The summed E-state index contributed by atoms with van der Waals surface area (Å²) in [4.78, 5) is 5.47. The molecule has 17 heavy (non-hydrogen) atoms. The number of nitrogens with zero attached hydrogens (tertiary/aromatic N) is 2. The number of aromatic nitrogens is 2. The van der Waals surface area contributed by atoms with E-state index in [4.69, 9.17) is 10.3 Å². The van der Waals surface area contributed by atoms with Gasteiger partial charge in [-0.05, 0) is 18.6 Å². The van der Waals surface area contributed by atoms with Gasteiger partial charge in [0.05, 0.1) is 11.8 Å². The summed E-state index contributed by atoms with van der Waals surface area (Å²) in [5, 5.41) is 3.91. The summed E-state index contributed by atoms with van der Waals surface area (Å²) in [7, 11) is 0. The standard InChI is InChI=1S/C12H15N3OS/c1-2-10(13)12-14-11(15-16-12)8-17-9-6-4-3-5-7-9/h3-7,10H,2,8,13H2,1H3/t10-/m1/s1. The number of thioether (sulfide) groups is 1. The van der Waals surface area contributed by atoms with Crippen LogP contribution in [0.3, 0.4) is 0 Å². The van der Waals surface area contributed by atoms with E-state index in [0.717, 1.165) is 6.42 Å². The third kappa shape index (κ3) is 3.31. The molecule has 90 valence electrons. The molecular formula is C12H15N3OS. The van der Waals surface area contributed by atoms with E-state index >= 15 is 0 Å². The zero-order valence-corrected chi connectivity index (χ0v) is 10.5. The fourth-order valence-electron chi connectivity index (χ4n) is 1.32. The monoisotopic (exact) mass is 249 g/mol. The Labute approximate surface area is 105 Å². The molecular weight excluding hydrogens is 234 g/mol. The lowest BCUT2D eigenvalue weighted by Crippen LogP contribution is -2.08. The van der Waals surface area contributed by atoms with Crippen LogP contribution in [-0.2, 0) is 5.75 Å². The minimum atomic E-state index is -0.155. The third-order valence-electron chi connectivity index (χ3n) is 2.35. The van der Waals surface area contributed by atoms with Crippen LogP contribution < -0.4 is 5.73 Å². The van der Waals surface area contributed by atoms with Gasteiger partial charge in [-0.3, -0.25) is 0 Å². The summed E-state index contributed by atoms with van der Waals surface area (Å²) >= 11 is 1.68. The first kappa shape index (κ1) is 12.1. The van der Waals surface area contributed by atoms with Crippen molar-refractivity contribution in [3.05, 3.63) is 42.0 Å². The molecule has 2 aromatic rings. The molecule has 0 amide bonds.